The van der Waals surface area contributed by atoms with Gasteiger partial charge in [-0.15, -0.1) is 0 Å². The molecule has 336 valence electrons. The van der Waals surface area contributed by atoms with Crippen molar-refractivity contribution in [1.29, 1.82) is 0 Å². The van der Waals surface area contributed by atoms with E-state index >= 15 is 0 Å². The topological polar surface area (TPSA) is 9.72 Å². The minimum absolute atomic E-state index is 0.00964. The Balaban J connectivity index is 1.19. The lowest BCUT2D eigenvalue weighted by atomic mass is 9.33. The summed E-state index contributed by atoms with van der Waals surface area (Å²) in [6.07, 6.45) is 4.84. The number of hydrogen-bond donors (Lipinski definition) is 0. The van der Waals surface area contributed by atoms with E-state index in [1.165, 1.54) is 114 Å². The zero-order valence-corrected chi connectivity index (χ0v) is 43.1. The Bertz CT molecular complexity index is 3190. The first-order valence-electron chi connectivity index (χ1n) is 25.0. The zero-order chi connectivity index (χ0) is 46.7. The first-order valence-corrected chi connectivity index (χ1v) is 32.0. The predicted octanol–water partition coefficient (Wildman–Crippen LogP) is 13.9. The van der Waals surface area contributed by atoms with Gasteiger partial charge in [-0.05, 0) is 119 Å². The van der Waals surface area contributed by atoms with Gasteiger partial charge in [-0.3, -0.25) is 0 Å². The zero-order valence-electron chi connectivity index (χ0n) is 41.1. The standard InChI is InChI=1S/C62H62BN3Si2/c1-61-37-15-16-38-62(61,2)66-58-42-50(64(47-28-32-51(33-29-47)67(3,4)5)48-30-34-52(35-31-48)68(6,7)8)41-57-59(58)63(55-26-18-25-53(61)60(55)66)54-36-27-46(44-21-13-10-14-22-44)40-56(54)65(57)49-24-17-23-45(39-49)43-19-11-9-12-20-43/h9-14,17-36,39-42H,15-16,37-38H2,1-8H3. The Morgan fingerprint density at radius 2 is 1.03 bits per heavy atom. The van der Waals surface area contributed by atoms with Crippen molar-refractivity contribution < 1.29 is 0 Å². The molecule has 0 radical (unpaired) electrons. The van der Waals surface area contributed by atoms with Gasteiger partial charge in [0.2, 0.25) is 0 Å². The van der Waals surface area contributed by atoms with E-state index in [-0.39, 0.29) is 17.7 Å². The molecule has 2 unspecified atom stereocenters. The van der Waals surface area contributed by atoms with Crippen LogP contribution in [-0.2, 0) is 5.41 Å². The SMILES string of the molecule is CC12CCCCC1(C)N1c3cc(N(c4ccc([Si](C)(C)C)cc4)c4ccc([Si](C)(C)C)cc4)cc4c3B(c3ccc(-c5ccccc5)cc3N4c3cccc(-c4ccccc4)c3)c3cccc2c31. The molecule has 0 aromatic heterocycles. The molecular formula is C62H62BN3Si2. The van der Waals surface area contributed by atoms with Crippen LogP contribution in [0.1, 0.15) is 45.1 Å². The molecule has 3 heterocycles. The number of para-hydroxylation sites is 1. The molecule has 0 amide bonds. The second kappa shape index (κ2) is 15.6. The average Bonchev–Trinajstić information content (AvgIpc) is 3.56. The first-order chi connectivity index (χ1) is 32.7. The van der Waals surface area contributed by atoms with Gasteiger partial charge in [-0.1, -0.05) is 197 Å². The number of fused-ring (bicyclic) bond motifs is 7. The van der Waals surface area contributed by atoms with Crippen LogP contribution in [0.25, 0.3) is 22.3 Å². The molecule has 8 aromatic rings. The lowest BCUT2D eigenvalue weighted by molar-refractivity contribution is 0.195. The van der Waals surface area contributed by atoms with E-state index in [2.05, 4.69) is 250 Å². The molecule has 12 rings (SSSR count). The number of benzene rings is 8. The van der Waals surface area contributed by atoms with E-state index in [1.807, 2.05) is 0 Å². The van der Waals surface area contributed by atoms with Gasteiger partial charge in [0.15, 0.2) is 0 Å². The highest BCUT2D eigenvalue weighted by molar-refractivity contribution is 7.00. The molecule has 1 fully saturated rings. The Kier molecular flexibility index (Phi) is 9.86. The Morgan fingerprint density at radius 3 is 1.65 bits per heavy atom. The van der Waals surface area contributed by atoms with Gasteiger partial charge in [0.05, 0.1) is 27.4 Å². The van der Waals surface area contributed by atoms with Crippen LogP contribution in [0.15, 0.2) is 182 Å². The lowest BCUT2D eigenvalue weighted by Gasteiger charge is -2.53. The molecule has 0 spiro atoms. The van der Waals surface area contributed by atoms with Crippen molar-refractivity contribution >= 4 is 95.1 Å². The highest BCUT2D eigenvalue weighted by Gasteiger charge is 2.61. The highest BCUT2D eigenvalue weighted by atomic mass is 28.3. The van der Waals surface area contributed by atoms with Gasteiger partial charge < -0.3 is 14.7 Å². The smallest absolute Gasteiger partial charge is 0.252 e. The van der Waals surface area contributed by atoms with E-state index < -0.39 is 16.1 Å². The minimum Gasteiger partial charge on any atom is -0.335 e. The highest BCUT2D eigenvalue weighted by Crippen LogP contribution is 2.62. The van der Waals surface area contributed by atoms with Gasteiger partial charge in [0.1, 0.15) is 0 Å². The second-order valence-electron chi connectivity index (χ2n) is 22.5. The normalized spacial score (nSPS) is 19.0. The van der Waals surface area contributed by atoms with E-state index in [0.717, 1.165) is 12.1 Å². The van der Waals surface area contributed by atoms with Crippen molar-refractivity contribution in [1.82, 2.24) is 0 Å². The molecule has 6 heteroatoms. The monoisotopic (exact) mass is 915 g/mol. The van der Waals surface area contributed by atoms with Crippen molar-refractivity contribution in [3.05, 3.63) is 188 Å². The molecule has 2 atom stereocenters. The molecule has 3 nitrogen and oxygen atoms in total. The summed E-state index contributed by atoms with van der Waals surface area (Å²) in [5.41, 5.74) is 20.5. The Morgan fingerprint density at radius 1 is 0.471 bits per heavy atom. The number of anilines is 8. The molecule has 0 bridgehead atoms. The van der Waals surface area contributed by atoms with Gasteiger partial charge in [-0.2, -0.15) is 0 Å². The van der Waals surface area contributed by atoms with Crippen LogP contribution in [0.2, 0.25) is 39.3 Å². The Labute approximate surface area is 407 Å². The van der Waals surface area contributed by atoms with Gasteiger partial charge in [0, 0.05) is 45.2 Å². The largest absolute Gasteiger partial charge is 0.335 e. The molecule has 3 aliphatic heterocycles. The van der Waals surface area contributed by atoms with Crippen LogP contribution in [0.3, 0.4) is 0 Å². The van der Waals surface area contributed by atoms with Crippen LogP contribution in [0, 0.1) is 0 Å². The lowest BCUT2D eigenvalue weighted by Crippen LogP contribution is -2.64. The van der Waals surface area contributed by atoms with Crippen molar-refractivity contribution in [3.63, 3.8) is 0 Å². The molecular weight excluding hydrogens is 854 g/mol. The summed E-state index contributed by atoms with van der Waals surface area (Å²) in [5, 5.41) is 2.94. The first kappa shape index (κ1) is 43.0. The summed E-state index contributed by atoms with van der Waals surface area (Å²) >= 11 is 0. The quantitative estimate of drug-likeness (QED) is 0.141. The second-order valence-corrected chi connectivity index (χ2v) is 32.7. The van der Waals surface area contributed by atoms with E-state index in [0.29, 0.717) is 0 Å². The van der Waals surface area contributed by atoms with E-state index in [1.54, 1.807) is 0 Å². The van der Waals surface area contributed by atoms with Crippen molar-refractivity contribution in [2.45, 2.75) is 89.8 Å². The third-order valence-corrected chi connectivity index (χ3v) is 20.6. The molecule has 0 saturated heterocycles. The molecule has 68 heavy (non-hydrogen) atoms. The summed E-state index contributed by atoms with van der Waals surface area (Å²) in [6.45, 7) is 19.9. The molecule has 8 aromatic carbocycles. The van der Waals surface area contributed by atoms with Gasteiger partial charge in [-0.25, -0.2) is 0 Å². The minimum atomic E-state index is -1.55. The number of rotatable bonds is 8. The average molecular weight is 916 g/mol. The third kappa shape index (κ3) is 6.58. The maximum atomic E-state index is 2.87. The molecule has 0 N–H and O–H groups in total. The van der Waals surface area contributed by atoms with Gasteiger partial charge >= 0.3 is 0 Å². The van der Waals surface area contributed by atoms with Crippen molar-refractivity contribution in [3.8, 4) is 22.3 Å². The molecule has 4 aliphatic rings. The fraction of sp³-hybridized carbons (Fsp3) is 0.226. The number of hydrogen-bond acceptors (Lipinski definition) is 3. The third-order valence-electron chi connectivity index (χ3n) is 16.5. The summed E-state index contributed by atoms with van der Waals surface area (Å²) in [4.78, 5) is 8.06. The Hall–Kier alpha value is -6.34. The fourth-order valence-electron chi connectivity index (χ4n) is 12.6. The number of nitrogens with zero attached hydrogens (tertiary/aromatic N) is 3. The summed E-state index contributed by atoms with van der Waals surface area (Å²) < 4.78 is 0. The maximum Gasteiger partial charge on any atom is 0.252 e. The van der Waals surface area contributed by atoms with Crippen LogP contribution in [0.5, 0.6) is 0 Å². The molecule has 1 aliphatic carbocycles. The van der Waals surface area contributed by atoms with Crippen molar-refractivity contribution in [2.24, 2.45) is 0 Å². The van der Waals surface area contributed by atoms with Crippen LogP contribution < -0.4 is 41.5 Å². The summed E-state index contributed by atoms with van der Waals surface area (Å²) in [7, 11) is -3.11. The van der Waals surface area contributed by atoms with Crippen LogP contribution in [-0.4, -0.2) is 28.4 Å². The van der Waals surface area contributed by atoms with Crippen LogP contribution >= 0.6 is 0 Å². The van der Waals surface area contributed by atoms with Crippen LogP contribution in [0.4, 0.5) is 45.5 Å². The summed E-state index contributed by atoms with van der Waals surface area (Å²) in [5.74, 6) is 0. The van der Waals surface area contributed by atoms with Gasteiger partial charge in [0.25, 0.3) is 6.71 Å². The fourth-order valence-corrected chi connectivity index (χ4v) is 14.9. The van der Waals surface area contributed by atoms with Crippen molar-refractivity contribution in [2.75, 3.05) is 14.7 Å². The molecule has 1 saturated carbocycles. The maximum absolute atomic E-state index is 2.87. The predicted molar refractivity (Wildman–Crippen MR) is 300 cm³/mol. The van der Waals surface area contributed by atoms with E-state index in [4.69, 9.17) is 0 Å². The summed E-state index contributed by atoms with van der Waals surface area (Å²) in [6, 6.07) is 70.0. The van der Waals surface area contributed by atoms with E-state index in [9.17, 15) is 0 Å².